The highest BCUT2D eigenvalue weighted by atomic mass is 16.3. The summed E-state index contributed by atoms with van der Waals surface area (Å²) in [5.41, 5.74) is 1.29. The summed E-state index contributed by atoms with van der Waals surface area (Å²) in [6.07, 6.45) is 2.21. The van der Waals surface area contributed by atoms with E-state index in [1.165, 1.54) is 5.56 Å². The van der Waals surface area contributed by atoms with Crippen LogP contribution in [0.1, 0.15) is 36.9 Å². The van der Waals surface area contributed by atoms with Crippen LogP contribution in [0.25, 0.3) is 11.6 Å². The van der Waals surface area contributed by atoms with E-state index in [1.807, 2.05) is 30.9 Å². The third kappa shape index (κ3) is 2.89. The van der Waals surface area contributed by atoms with E-state index in [-0.39, 0.29) is 5.41 Å². The first-order valence-corrected chi connectivity index (χ1v) is 8.87. The quantitative estimate of drug-likeness (QED) is 0.688. The van der Waals surface area contributed by atoms with Gasteiger partial charge in [0.05, 0.1) is 12.0 Å². The van der Waals surface area contributed by atoms with Gasteiger partial charge in [0.2, 0.25) is 0 Å². The standard InChI is InChI=1S/C20H24N4O/c1-4-24-18(17-11-10-16(25-17)14-23(2)3)21-19(22-24)20(12-13-20)15-8-6-5-7-9-15/h5-11H,4,12-14H2,1-3H3. The second kappa shape index (κ2) is 6.15. The van der Waals surface area contributed by atoms with Crippen LogP contribution in [0.15, 0.2) is 46.9 Å². The van der Waals surface area contributed by atoms with Crippen LogP contribution in [0, 0.1) is 0 Å². The normalized spacial score (nSPS) is 15.7. The monoisotopic (exact) mass is 336 g/mol. The maximum atomic E-state index is 6.01. The van der Waals surface area contributed by atoms with Gasteiger partial charge in [0.15, 0.2) is 17.4 Å². The summed E-state index contributed by atoms with van der Waals surface area (Å²) in [6.45, 7) is 3.64. The van der Waals surface area contributed by atoms with Crippen molar-refractivity contribution in [2.24, 2.45) is 0 Å². The van der Waals surface area contributed by atoms with Crippen LogP contribution in [0.3, 0.4) is 0 Å². The Balaban J connectivity index is 1.70. The summed E-state index contributed by atoms with van der Waals surface area (Å²) in [4.78, 5) is 6.99. The van der Waals surface area contributed by atoms with Crippen molar-refractivity contribution in [2.75, 3.05) is 14.1 Å². The highest BCUT2D eigenvalue weighted by Gasteiger charge is 2.49. The van der Waals surface area contributed by atoms with Crippen molar-refractivity contribution >= 4 is 0 Å². The van der Waals surface area contributed by atoms with Crippen molar-refractivity contribution < 1.29 is 4.42 Å². The number of furan rings is 1. The van der Waals surface area contributed by atoms with Crippen molar-refractivity contribution in [3.05, 3.63) is 59.6 Å². The number of hydrogen-bond acceptors (Lipinski definition) is 4. The van der Waals surface area contributed by atoms with Gasteiger partial charge in [-0.15, -0.1) is 0 Å². The number of rotatable bonds is 6. The van der Waals surface area contributed by atoms with Gasteiger partial charge in [0.25, 0.3) is 0 Å². The minimum absolute atomic E-state index is 0.0184. The fraction of sp³-hybridized carbons (Fsp3) is 0.400. The van der Waals surface area contributed by atoms with Gasteiger partial charge in [0.1, 0.15) is 5.76 Å². The largest absolute Gasteiger partial charge is 0.456 e. The van der Waals surface area contributed by atoms with Crippen molar-refractivity contribution in [1.29, 1.82) is 0 Å². The molecule has 0 bridgehead atoms. The van der Waals surface area contributed by atoms with Gasteiger partial charge in [-0.2, -0.15) is 5.10 Å². The maximum absolute atomic E-state index is 6.01. The molecule has 1 aliphatic carbocycles. The average Bonchev–Trinajstić information content (AvgIpc) is 3.10. The van der Waals surface area contributed by atoms with Crippen LogP contribution in [0.4, 0.5) is 0 Å². The van der Waals surface area contributed by atoms with E-state index in [1.54, 1.807) is 0 Å². The van der Waals surface area contributed by atoms with Crippen molar-refractivity contribution in [3.8, 4) is 11.6 Å². The molecule has 0 atom stereocenters. The van der Waals surface area contributed by atoms with Gasteiger partial charge in [-0.05, 0) is 51.6 Å². The Labute approximate surface area is 148 Å². The predicted molar refractivity (Wildman–Crippen MR) is 97.2 cm³/mol. The van der Waals surface area contributed by atoms with Crippen LogP contribution in [-0.2, 0) is 18.5 Å². The Morgan fingerprint density at radius 2 is 1.88 bits per heavy atom. The fourth-order valence-electron chi connectivity index (χ4n) is 3.37. The van der Waals surface area contributed by atoms with Crippen LogP contribution < -0.4 is 0 Å². The number of nitrogens with zero attached hydrogens (tertiary/aromatic N) is 4. The number of benzene rings is 1. The highest BCUT2D eigenvalue weighted by molar-refractivity contribution is 5.49. The number of aryl methyl sites for hydroxylation is 1. The third-order valence-electron chi connectivity index (χ3n) is 4.83. The maximum Gasteiger partial charge on any atom is 0.194 e. The molecule has 5 heteroatoms. The zero-order valence-corrected chi connectivity index (χ0v) is 15.1. The summed E-state index contributed by atoms with van der Waals surface area (Å²) in [6, 6.07) is 14.6. The van der Waals surface area contributed by atoms with Gasteiger partial charge in [0, 0.05) is 6.54 Å². The highest BCUT2D eigenvalue weighted by Crippen LogP contribution is 2.52. The van der Waals surface area contributed by atoms with Gasteiger partial charge in [-0.3, -0.25) is 0 Å². The lowest BCUT2D eigenvalue weighted by molar-refractivity contribution is 0.352. The first-order chi connectivity index (χ1) is 12.1. The minimum Gasteiger partial charge on any atom is -0.456 e. The topological polar surface area (TPSA) is 47.1 Å². The molecule has 1 aliphatic rings. The molecule has 3 aromatic rings. The molecule has 0 aliphatic heterocycles. The van der Waals surface area contributed by atoms with Crippen molar-refractivity contribution in [3.63, 3.8) is 0 Å². The molecule has 2 aromatic heterocycles. The molecule has 25 heavy (non-hydrogen) atoms. The summed E-state index contributed by atoms with van der Waals surface area (Å²) < 4.78 is 7.97. The van der Waals surface area contributed by atoms with Gasteiger partial charge < -0.3 is 9.32 Å². The molecule has 0 radical (unpaired) electrons. The Kier molecular flexibility index (Phi) is 3.96. The molecule has 5 nitrogen and oxygen atoms in total. The molecule has 0 spiro atoms. The lowest BCUT2D eigenvalue weighted by Gasteiger charge is -2.10. The van der Waals surface area contributed by atoms with Crippen molar-refractivity contribution in [1.82, 2.24) is 19.7 Å². The molecule has 130 valence electrons. The van der Waals surface area contributed by atoms with Gasteiger partial charge in [-0.25, -0.2) is 9.67 Å². The Morgan fingerprint density at radius 3 is 2.52 bits per heavy atom. The predicted octanol–water partition coefficient (Wildman–Crippen LogP) is 3.70. The summed E-state index contributed by atoms with van der Waals surface area (Å²) in [5, 5.41) is 4.82. The summed E-state index contributed by atoms with van der Waals surface area (Å²) in [5.74, 6) is 3.48. The first-order valence-electron chi connectivity index (χ1n) is 8.87. The lowest BCUT2D eigenvalue weighted by Crippen LogP contribution is -2.11. The zero-order chi connectivity index (χ0) is 17.4. The third-order valence-corrected chi connectivity index (χ3v) is 4.83. The second-order valence-electron chi connectivity index (χ2n) is 7.03. The number of hydrogen-bond donors (Lipinski definition) is 0. The van der Waals surface area contributed by atoms with E-state index in [9.17, 15) is 0 Å². The second-order valence-corrected chi connectivity index (χ2v) is 7.03. The zero-order valence-electron chi connectivity index (χ0n) is 15.1. The van der Waals surface area contributed by atoms with Gasteiger partial charge in [-0.1, -0.05) is 30.3 Å². The first kappa shape index (κ1) is 16.1. The molecule has 0 amide bonds. The van der Waals surface area contributed by atoms with E-state index in [0.29, 0.717) is 0 Å². The Morgan fingerprint density at radius 1 is 1.12 bits per heavy atom. The van der Waals surface area contributed by atoms with Crippen LogP contribution in [0.5, 0.6) is 0 Å². The fourth-order valence-corrected chi connectivity index (χ4v) is 3.37. The average molecular weight is 336 g/mol. The molecule has 1 fully saturated rings. The summed E-state index contributed by atoms with van der Waals surface area (Å²) >= 11 is 0. The SMILES string of the molecule is CCn1nc(C2(c3ccccc3)CC2)nc1-c1ccc(CN(C)C)o1. The van der Waals surface area contributed by atoms with Gasteiger partial charge >= 0.3 is 0 Å². The van der Waals surface area contributed by atoms with E-state index in [0.717, 1.165) is 49.1 Å². The molecule has 4 rings (SSSR count). The molecule has 0 unspecified atom stereocenters. The number of aromatic nitrogens is 3. The molecule has 0 N–H and O–H groups in total. The van der Waals surface area contributed by atoms with Crippen LogP contribution >= 0.6 is 0 Å². The van der Waals surface area contributed by atoms with Crippen LogP contribution in [-0.4, -0.2) is 33.8 Å². The molecular formula is C20H24N4O. The van der Waals surface area contributed by atoms with Crippen LogP contribution in [0.2, 0.25) is 0 Å². The Hall–Kier alpha value is -2.40. The van der Waals surface area contributed by atoms with E-state index in [2.05, 4.69) is 42.2 Å². The lowest BCUT2D eigenvalue weighted by atomic mass is 9.95. The van der Waals surface area contributed by atoms with E-state index < -0.39 is 0 Å². The van der Waals surface area contributed by atoms with Crippen molar-refractivity contribution in [2.45, 2.75) is 38.3 Å². The van der Waals surface area contributed by atoms with E-state index in [4.69, 9.17) is 14.5 Å². The smallest absolute Gasteiger partial charge is 0.194 e. The summed E-state index contributed by atoms with van der Waals surface area (Å²) in [7, 11) is 4.07. The molecular weight excluding hydrogens is 312 g/mol. The molecule has 2 heterocycles. The Bertz CT molecular complexity index is 859. The molecule has 0 saturated heterocycles. The van der Waals surface area contributed by atoms with E-state index >= 15 is 0 Å². The molecule has 1 saturated carbocycles. The molecule has 1 aromatic carbocycles. The minimum atomic E-state index is -0.0184.